The fraction of sp³-hybridized carbons (Fsp3) is 0.167. The second-order valence-corrected chi connectivity index (χ2v) is 5.04. The zero-order chi connectivity index (χ0) is 15.0. The molecule has 110 valence electrons. The second kappa shape index (κ2) is 7.43. The van der Waals surface area contributed by atoms with Crippen molar-refractivity contribution < 1.29 is 0 Å². The first kappa shape index (κ1) is 14.4. The maximum absolute atomic E-state index is 4.68. The molecule has 0 unspecified atom stereocenters. The molecule has 0 aliphatic heterocycles. The molecule has 0 saturated heterocycles. The van der Waals surface area contributed by atoms with Crippen molar-refractivity contribution in [2.24, 2.45) is 0 Å². The molecule has 3 aromatic heterocycles. The fourth-order valence-electron chi connectivity index (χ4n) is 2.24. The Hall–Kier alpha value is -2.59. The van der Waals surface area contributed by atoms with Crippen LogP contribution < -0.4 is 5.32 Å². The van der Waals surface area contributed by atoms with Gasteiger partial charge < -0.3 is 5.32 Å². The van der Waals surface area contributed by atoms with Crippen LogP contribution >= 0.6 is 0 Å². The van der Waals surface area contributed by atoms with Crippen molar-refractivity contribution in [1.29, 1.82) is 0 Å². The number of nitrogens with one attached hydrogen (secondary N) is 1. The highest BCUT2D eigenvalue weighted by Gasteiger charge is 2.01. The van der Waals surface area contributed by atoms with E-state index in [9.17, 15) is 0 Å². The molecule has 3 heterocycles. The van der Waals surface area contributed by atoms with Gasteiger partial charge in [-0.3, -0.25) is 15.0 Å². The van der Waals surface area contributed by atoms with Crippen molar-refractivity contribution in [3.8, 4) is 0 Å². The third kappa shape index (κ3) is 4.20. The summed E-state index contributed by atoms with van der Waals surface area (Å²) in [4.78, 5) is 13.3. The Labute approximate surface area is 130 Å². The maximum atomic E-state index is 4.68. The van der Waals surface area contributed by atoms with Crippen LogP contribution in [-0.2, 0) is 19.5 Å². The highest BCUT2D eigenvalue weighted by Crippen LogP contribution is 2.06. The Morgan fingerprint density at radius 2 is 1.27 bits per heavy atom. The first-order valence-electron chi connectivity index (χ1n) is 7.35. The number of pyridine rings is 3. The van der Waals surface area contributed by atoms with Crippen molar-refractivity contribution in [3.63, 3.8) is 0 Å². The van der Waals surface area contributed by atoms with E-state index in [2.05, 4.69) is 20.3 Å². The molecule has 0 bridgehead atoms. The molecule has 0 aliphatic rings. The zero-order valence-corrected chi connectivity index (χ0v) is 12.3. The van der Waals surface area contributed by atoms with Gasteiger partial charge in [0.05, 0.1) is 11.4 Å². The SMILES string of the molecule is c1ccc(CNCc2cccc(Cc3ccccn3)n2)nc1. The molecule has 3 rings (SSSR count). The van der Waals surface area contributed by atoms with Gasteiger partial charge in [-0.05, 0) is 36.4 Å². The molecule has 22 heavy (non-hydrogen) atoms. The van der Waals surface area contributed by atoms with Crippen molar-refractivity contribution in [3.05, 3.63) is 89.8 Å². The van der Waals surface area contributed by atoms with Gasteiger partial charge in [0.2, 0.25) is 0 Å². The predicted octanol–water partition coefficient (Wildman–Crippen LogP) is 2.75. The van der Waals surface area contributed by atoms with Crippen LogP contribution in [0, 0.1) is 0 Å². The van der Waals surface area contributed by atoms with E-state index < -0.39 is 0 Å². The lowest BCUT2D eigenvalue weighted by Crippen LogP contribution is -2.15. The number of nitrogens with zero attached hydrogens (tertiary/aromatic N) is 3. The summed E-state index contributed by atoms with van der Waals surface area (Å²) >= 11 is 0. The van der Waals surface area contributed by atoms with Gasteiger partial charge in [-0.25, -0.2) is 0 Å². The molecule has 0 aliphatic carbocycles. The Bertz CT molecular complexity index is 699. The number of rotatable bonds is 6. The van der Waals surface area contributed by atoms with E-state index >= 15 is 0 Å². The molecular formula is C18H18N4. The lowest BCUT2D eigenvalue weighted by molar-refractivity contribution is 0.665. The third-order valence-electron chi connectivity index (χ3n) is 3.29. The first-order chi connectivity index (χ1) is 10.9. The molecule has 0 radical (unpaired) electrons. The van der Waals surface area contributed by atoms with E-state index in [0.717, 1.165) is 42.3 Å². The summed E-state index contributed by atoms with van der Waals surface area (Å²) in [6, 6.07) is 18.0. The summed E-state index contributed by atoms with van der Waals surface area (Å²) in [6.45, 7) is 1.47. The Balaban J connectivity index is 1.57. The topological polar surface area (TPSA) is 50.7 Å². The summed E-state index contributed by atoms with van der Waals surface area (Å²) in [7, 11) is 0. The lowest BCUT2D eigenvalue weighted by Gasteiger charge is -2.06. The zero-order valence-electron chi connectivity index (χ0n) is 12.3. The highest BCUT2D eigenvalue weighted by molar-refractivity contribution is 5.17. The molecule has 4 nitrogen and oxygen atoms in total. The monoisotopic (exact) mass is 290 g/mol. The minimum absolute atomic E-state index is 0.729. The van der Waals surface area contributed by atoms with Crippen LogP contribution in [0.3, 0.4) is 0 Å². The Morgan fingerprint density at radius 1 is 0.636 bits per heavy atom. The molecule has 0 amide bonds. The van der Waals surface area contributed by atoms with Crippen LogP contribution in [0.25, 0.3) is 0 Å². The van der Waals surface area contributed by atoms with Gasteiger partial charge in [-0.1, -0.05) is 18.2 Å². The lowest BCUT2D eigenvalue weighted by atomic mass is 10.2. The summed E-state index contributed by atoms with van der Waals surface area (Å²) in [6.07, 6.45) is 4.38. The van der Waals surface area contributed by atoms with Crippen molar-refractivity contribution in [2.75, 3.05) is 0 Å². The smallest absolute Gasteiger partial charge is 0.0545 e. The van der Waals surface area contributed by atoms with Gasteiger partial charge in [0, 0.05) is 43.3 Å². The van der Waals surface area contributed by atoms with Crippen LogP contribution in [0.5, 0.6) is 0 Å². The minimum atomic E-state index is 0.729. The fourth-order valence-corrected chi connectivity index (χ4v) is 2.24. The second-order valence-electron chi connectivity index (χ2n) is 5.04. The molecule has 1 N–H and O–H groups in total. The molecule has 4 heteroatoms. The van der Waals surface area contributed by atoms with Crippen LogP contribution in [0.1, 0.15) is 22.8 Å². The van der Waals surface area contributed by atoms with Gasteiger partial charge in [-0.15, -0.1) is 0 Å². The van der Waals surface area contributed by atoms with Crippen LogP contribution in [-0.4, -0.2) is 15.0 Å². The number of aromatic nitrogens is 3. The maximum Gasteiger partial charge on any atom is 0.0545 e. The summed E-state index contributed by atoms with van der Waals surface area (Å²) in [5, 5.41) is 3.37. The quantitative estimate of drug-likeness (QED) is 0.758. The largest absolute Gasteiger partial charge is 0.306 e. The van der Waals surface area contributed by atoms with E-state index in [-0.39, 0.29) is 0 Å². The van der Waals surface area contributed by atoms with Crippen molar-refractivity contribution in [1.82, 2.24) is 20.3 Å². The van der Waals surface area contributed by atoms with Crippen molar-refractivity contribution in [2.45, 2.75) is 19.5 Å². The summed E-state index contributed by atoms with van der Waals surface area (Å²) in [5.41, 5.74) is 4.14. The average molecular weight is 290 g/mol. The predicted molar refractivity (Wildman–Crippen MR) is 86.1 cm³/mol. The average Bonchev–Trinajstić information content (AvgIpc) is 2.57. The molecular weight excluding hydrogens is 272 g/mol. The van der Waals surface area contributed by atoms with E-state index in [1.807, 2.05) is 67.0 Å². The molecule has 0 saturated carbocycles. The number of hydrogen-bond acceptors (Lipinski definition) is 4. The van der Waals surface area contributed by atoms with E-state index in [1.54, 1.807) is 0 Å². The molecule has 3 aromatic rings. The third-order valence-corrected chi connectivity index (χ3v) is 3.29. The van der Waals surface area contributed by atoms with Crippen molar-refractivity contribution >= 4 is 0 Å². The van der Waals surface area contributed by atoms with Gasteiger partial charge >= 0.3 is 0 Å². The standard InChI is InChI=1S/C18H18N4/c1-3-10-20-15(6-1)12-16-8-5-9-18(22-16)14-19-13-17-7-2-4-11-21-17/h1-11,19H,12-14H2. The molecule has 0 fully saturated rings. The Morgan fingerprint density at radius 3 is 2.00 bits per heavy atom. The first-order valence-corrected chi connectivity index (χ1v) is 7.35. The van der Waals surface area contributed by atoms with Gasteiger partial charge in [0.1, 0.15) is 0 Å². The van der Waals surface area contributed by atoms with E-state index in [1.165, 1.54) is 0 Å². The summed E-state index contributed by atoms with van der Waals surface area (Å²) < 4.78 is 0. The van der Waals surface area contributed by atoms with Crippen LogP contribution in [0.15, 0.2) is 67.0 Å². The van der Waals surface area contributed by atoms with Crippen LogP contribution in [0.2, 0.25) is 0 Å². The minimum Gasteiger partial charge on any atom is -0.306 e. The molecule has 0 aromatic carbocycles. The normalized spacial score (nSPS) is 10.5. The van der Waals surface area contributed by atoms with E-state index in [0.29, 0.717) is 0 Å². The van der Waals surface area contributed by atoms with Gasteiger partial charge in [0.15, 0.2) is 0 Å². The Kier molecular flexibility index (Phi) is 4.85. The van der Waals surface area contributed by atoms with Gasteiger partial charge in [0.25, 0.3) is 0 Å². The van der Waals surface area contributed by atoms with E-state index in [4.69, 9.17) is 0 Å². The number of hydrogen-bond donors (Lipinski definition) is 1. The summed E-state index contributed by atoms with van der Waals surface area (Å²) in [5.74, 6) is 0. The molecule has 0 spiro atoms. The molecule has 0 atom stereocenters. The van der Waals surface area contributed by atoms with Crippen LogP contribution in [0.4, 0.5) is 0 Å². The van der Waals surface area contributed by atoms with Gasteiger partial charge in [-0.2, -0.15) is 0 Å². The highest BCUT2D eigenvalue weighted by atomic mass is 14.9.